The zero-order valence-corrected chi connectivity index (χ0v) is 9.60. The Morgan fingerprint density at radius 2 is 2.28 bits per heavy atom. The number of nitrogens with zero attached hydrogens (tertiary/aromatic N) is 3. The van der Waals surface area contributed by atoms with Crippen LogP contribution in [0.5, 0.6) is 0 Å². The van der Waals surface area contributed by atoms with Crippen molar-refractivity contribution in [1.29, 1.82) is 0 Å². The van der Waals surface area contributed by atoms with Crippen LogP contribution in [0.1, 0.15) is 5.82 Å². The Hall–Kier alpha value is -2.21. The highest BCUT2D eigenvalue weighted by atomic mass is 19.1. The normalized spacial score (nSPS) is 11.2. The van der Waals surface area contributed by atoms with E-state index in [1.54, 1.807) is 18.5 Å². The minimum absolute atomic E-state index is 0.287. The van der Waals surface area contributed by atoms with Crippen molar-refractivity contribution in [2.45, 2.75) is 6.42 Å². The minimum atomic E-state index is -0.287. The number of fused-ring (bicyclic) bond motifs is 1. The SMILES string of the molecule is NCCc1nccn1-c1nc2ccc(F)cc2[nH]1. The molecule has 5 nitrogen and oxygen atoms in total. The summed E-state index contributed by atoms with van der Waals surface area (Å²) in [6, 6.07) is 4.46. The molecule has 3 N–H and O–H groups in total. The number of nitrogens with one attached hydrogen (secondary N) is 1. The van der Waals surface area contributed by atoms with Gasteiger partial charge in [-0.05, 0) is 24.7 Å². The van der Waals surface area contributed by atoms with Crippen LogP contribution in [0.2, 0.25) is 0 Å². The number of halogens is 1. The summed E-state index contributed by atoms with van der Waals surface area (Å²) < 4.78 is 14.9. The van der Waals surface area contributed by atoms with E-state index in [9.17, 15) is 4.39 Å². The molecule has 0 atom stereocenters. The average molecular weight is 245 g/mol. The molecule has 0 fully saturated rings. The van der Waals surface area contributed by atoms with Gasteiger partial charge in [0.2, 0.25) is 5.95 Å². The zero-order chi connectivity index (χ0) is 12.5. The number of rotatable bonds is 3. The lowest BCUT2D eigenvalue weighted by atomic mass is 10.3. The fourth-order valence-electron chi connectivity index (χ4n) is 1.92. The van der Waals surface area contributed by atoms with Crippen molar-refractivity contribution >= 4 is 11.0 Å². The van der Waals surface area contributed by atoms with Gasteiger partial charge in [0.1, 0.15) is 11.6 Å². The lowest BCUT2D eigenvalue weighted by Gasteiger charge is -2.01. The van der Waals surface area contributed by atoms with Crippen molar-refractivity contribution < 1.29 is 4.39 Å². The Morgan fingerprint density at radius 3 is 3.11 bits per heavy atom. The number of H-pyrrole nitrogens is 1. The summed E-state index contributed by atoms with van der Waals surface area (Å²) in [5.74, 6) is 1.17. The molecule has 0 aliphatic heterocycles. The van der Waals surface area contributed by atoms with Crippen molar-refractivity contribution in [3.8, 4) is 5.95 Å². The summed E-state index contributed by atoms with van der Waals surface area (Å²) in [6.07, 6.45) is 4.16. The van der Waals surface area contributed by atoms with Crippen LogP contribution in [-0.4, -0.2) is 26.1 Å². The second-order valence-electron chi connectivity index (χ2n) is 3.97. The second-order valence-corrected chi connectivity index (χ2v) is 3.97. The molecule has 6 heteroatoms. The van der Waals surface area contributed by atoms with Gasteiger partial charge in [-0.3, -0.25) is 4.57 Å². The van der Waals surface area contributed by atoms with E-state index in [-0.39, 0.29) is 5.82 Å². The predicted octanol–water partition coefficient (Wildman–Crippen LogP) is 1.39. The Labute approximate surface area is 102 Å². The molecule has 0 bridgehead atoms. The van der Waals surface area contributed by atoms with Gasteiger partial charge < -0.3 is 10.7 Å². The summed E-state index contributed by atoms with van der Waals surface area (Å²) in [4.78, 5) is 11.7. The van der Waals surface area contributed by atoms with E-state index >= 15 is 0 Å². The maximum absolute atomic E-state index is 13.1. The predicted molar refractivity (Wildman–Crippen MR) is 65.9 cm³/mol. The first-order valence-corrected chi connectivity index (χ1v) is 5.66. The molecular formula is C12H12FN5. The van der Waals surface area contributed by atoms with Gasteiger partial charge in [0, 0.05) is 18.8 Å². The molecule has 1 aromatic carbocycles. The molecule has 92 valence electrons. The molecule has 3 aromatic rings. The molecule has 18 heavy (non-hydrogen) atoms. The number of benzene rings is 1. The highest BCUT2D eigenvalue weighted by Gasteiger charge is 2.09. The highest BCUT2D eigenvalue weighted by Crippen LogP contribution is 2.16. The van der Waals surface area contributed by atoms with Crippen molar-refractivity contribution in [2.75, 3.05) is 6.54 Å². The first kappa shape index (κ1) is 10.9. The van der Waals surface area contributed by atoms with Gasteiger partial charge in [0.15, 0.2) is 0 Å². The van der Waals surface area contributed by atoms with Crippen LogP contribution in [0, 0.1) is 5.82 Å². The standard InChI is InChI=1S/C12H12FN5/c13-8-1-2-9-10(7-8)17-12(16-9)18-6-5-15-11(18)3-4-14/h1-2,5-7H,3-4,14H2,(H,16,17). The quantitative estimate of drug-likeness (QED) is 0.732. The number of hydrogen-bond acceptors (Lipinski definition) is 3. The molecule has 0 aliphatic carbocycles. The Balaban J connectivity index is 2.10. The van der Waals surface area contributed by atoms with Gasteiger partial charge in [-0.25, -0.2) is 14.4 Å². The van der Waals surface area contributed by atoms with Crippen LogP contribution in [0.15, 0.2) is 30.6 Å². The van der Waals surface area contributed by atoms with Crippen LogP contribution in [0.3, 0.4) is 0 Å². The Kier molecular flexibility index (Phi) is 2.56. The average Bonchev–Trinajstić information content (AvgIpc) is 2.94. The zero-order valence-electron chi connectivity index (χ0n) is 9.60. The monoisotopic (exact) mass is 245 g/mol. The van der Waals surface area contributed by atoms with Crippen LogP contribution in [0.4, 0.5) is 4.39 Å². The fraction of sp³-hybridized carbons (Fsp3) is 0.167. The smallest absolute Gasteiger partial charge is 0.213 e. The lowest BCUT2D eigenvalue weighted by molar-refractivity contribution is 0.629. The van der Waals surface area contributed by atoms with E-state index in [1.807, 2.05) is 4.57 Å². The third-order valence-electron chi connectivity index (χ3n) is 2.74. The number of aromatic amines is 1. The van der Waals surface area contributed by atoms with E-state index in [0.29, 0.717) is 24.4 Å². The lowest BCUT2D eigenvalue weighted by Crippen LogP contribution is -2.09. The van der Waals surface area contributed by atoms with Gasteiger partial charge in [0.05, 0.1) is 11.0 Å². The second kappa shape index (κ2) is 4.23. The van der Waals surface area contributed by atoms with Crippen LogP contribution < -0.4 is 5.73 Å². The third kappa shape index (κ3) is 1.76. The molecule has 0 unspecified atom stereocenters. The van der Waals surface area contributed by atoms with Crippen LogP contribution in [0.25, 0.3) is 17.0 Å². The topological polar surface area (TPSA) is 72.5 Å². The van der Waals surface area contributed by atoms with Crippen LogP contribution in [-0.2, 0) is 6.42 Å². The van der Waals surface area contributed by atoms with Crippen molar-refractivity contribution in [1.82, 2.24) is 19.5 Å². The summed E-state index contributed by atoms with van der Waals surface area (Å²) in [5.41, 5.74) is 6.91. The van der Waals surface area contributed by atoms with E-state index in [1.165, 1.54) is 12.1 Å². The van der Waals surface area contributed by atoms with E-state index in [4.69, 9.17) is 5.73 Å². The van der Waals surface area contributed by atoms with Gasteiger partial charge in [-0.1, -0.05) is 0 Å². The van der Waals surface area contributed by atoms with E-state index in [0.717, 1.165) is 11.3 Å². The molecule has 0 radical (unpaired) electrons. The van der Waals surface area contributed by atoms with Gasteiger partial charge >= 0.3 is 0 Å². The summed E-state index contributed by atoms with van der Waals surface area (Å²) >= 11 is 0. The Morgan fingerprint density at radius 1 is 1.39 bits per heavy atom. The first-order chi connectivity index (χ1) is 8.78. The molecular weight excluding hydrogens is 233 g/mol. The minimum Gasteiger partial charge on any atom is -0.330 e. The number of hydrogen-bond donors (Lipinski definition) is 2. The molecule has 2 aromatic heterocycles. The molecule has 3 rings (SSSR count). The van der Waals surface area contributed by atoms with E-state index < -0.39 is 0 Å². The molecule has 0 spiro atoms. The third-order valence-corrected chi connectivity index (χ3v) is 2.74. The summed E-state index contributed by atoms with van der Waals surface area (Å²) in [6.45, 7) is 0.520. The molecule has 0 amide bonds. The highest BCUT2D eigenvalue weighted by molar-refractivity contribution is 5.76. The number of aromatic nitrogens is 4. The largest absolute Gasteiger partial charge is 0.330 e. The Bertz CT molecular complexity index is 685. The van der Waals surface area contributed by atoms with Crippen molar-refractivity contribution in [3.05, 3.63) is 42.2 Å². The molecule has 2 heterocycles. The van der Waals surface area contributed by atoms with Gasteiger partial charge in [-0.15, -0.1) is 0 Å². The molecule has 0 aliphatic rings. The van der Waals surface area contributed by atoms with Gasteiger partial charge in [-0.2, -0.15) is 0 Å². The number of imidazole rings is 2. The maximum Gasteiger partial charge on any atom is 0.213 e. The number of nitrogens with two attached hydrogens (primary N) is 1. The first-order valence-electron chi connectivity index (χ1n) is 5.66. The van der Waals surface area contributed by atoms with Crippen LogP contribution >= 0.6 is 0 Å². The summed E-state index contributed by atoms with van der Waals surface area (Å²) in [7, 11) is 0. The van der Waals surface area contributed by atoms with Gasteiger partial charge in [0.25, 0.3) is 0 Å². The molecule has 0 saturated carbocycles. The fourth-order valence-corrected chi connectivity index (χ4v) is 1.92. The summed E-state index contributed by atoms with van der Waals surface area (Å²) in [5, 5.41) is 0. The molecule has 0 saturated heterocycles. The van der Waals surface area contributed by atoms with Crippen molar-refractivity contribution in [3.63, 3.8) is 0 Å². The van der Waals surface area contributed by atoms with E-state index in [2.05, 4.69) is 15.0 Å². The van der Waals surface area contributed by atoms with Crippen molar-refractivity contribution in [2.24, 2.45) is 5.73 Å². The maximum atomic E-state index is 13.1.